The van der Waals surface area contributed by atoms with Crippen LogP contribution in [0.15, 0.2) is 30.9 Å². The van der Waals surface area contributed by atoms with Crippen LogP contribution in [-0.2, 0) is 0 Å². The summed E-state index contributed by atoms with van der Waals surface area (Å²) in [6.45, 7) is 1.68. The predicted octanol–water partition coefficient (Wildman–Crippen LogP) is 1.82. The molecule has 4 nitrogen and oxygen atoms in total. The van der Waals surface area contributed by atoms with Gasteiger partial charge in [0.05, 0.1) is 6.10 Å². The molecule has 1 aromatic heterocycles. The third-order valence-electron chi connectivity index (χ3n) is 2.82. The molecule has 0 bridgehead atoms. The Balaban J connectivity index is 2.48. The van der Waals surface area contributed by atoms with E-state index in [0.717, 1.165) is 12.1 Å². The summed E-state index contributed by atoms with van der Waals surface area (Å²) < 4.78 is 28.2. The molecule has 7 heteroatoms. The van der Waals surface area contributed by atoms with Crippen LogP contribution in [0, 0.1) is 11.6 Å². The van der Waals surface area contributed by atoms with Crippen molar-refractivity contribution in [3.63, 3.8) is 0 Å². The summed E-state index contributed by atoms with van der Waals surface area (Å²) in [5.41, 5.74) is 0.139. The molecule has 0 fully saturated rings. The Kier molecular flexibility index (Phi) is 4.16. The van der Waals surface area contributed by atoms with Gasteiger partial charge in [0.25, 0.3) is 0 Å². The average Bonchev–Trinajstić information content (AvgIpc) is 2.85. The van der Waals surface area contributed by atoms with E-state index in [1.54, 1.807) is 6.92 Å². The lowest BCUT2D eigenvalue weighted by Crippen LogP contribution is -2.32. The maximum absolute atomic E-state index is 13.9. The Morgan fingerprint density at radius 3 is 2.63 bits per heavy atom. The lowest BCUT2D eigenvalue weighted by molar-refractivity contribution is 0.124. The summed E-state index contributed by atoms with van der Waals surface area (Å²) in [4.78, 5) is 3.78. The average molecular weight is 285 g/mol. The first kappa shape index (κ1) is 14.0. The number of hydrogen-bond acceptors (Lipinski definition) is 4. The highest BCUT2D eigenvalue weighted by atomic mass is 32.1. The lowest BCUT2D eigenvalue weighted by Gasteiger charge is -2.26. The lowest BCUT2D eigenvalue weighted by atomic mass is 9.99. The Bertz CT molecular complexity index is 548. The largest absolute Gasteiger partial charge is 0.389 e. The van der Waals surface area contributed by atoms with Crippen LogP contribution in [0.1, 0.15) is 18.5 Å². The molecule has 0 amide bonds. The molecule has 0 aliphatic heterocycles. The summed E-state index contributed by atoms with van der Waals surface area (Å²) in [7, 11) is 0. The Morgan fingerprint density at radius 2 is 2.11 bits per heavy atom. The molecule has 0 saturated heterocycles. The summed E-state index contributed by atoms with van der Waals surface area (Å²) in [6.07, 6.45) is 1.65. The van der Waals surface area contributed by atoms with E-state index in [1.165, 1.54) is 23.4 Å². The highest BCUT2D eigenvalue weighted by molar-refractivity contribution is 7.81. The van der Waals surface area contributed by atoms with Gasteiger partial charge >= 0.3 is 0 Å². The monoisotopic (exact) mass is 285 g/mol. The summed E-state index contributed by atoms with van der Waals surface area (Å²) >= 11 is 4.16. The van der Waals surface area contributed by atoms with Crippen molar-refractivity contribution in [1.82, 2.24) is 14.8 Å². The van der Waals surface area contributed by atoms with Crippen LogP contribution < -0.4 is 0 Å². The molecule has 1 unspecified atom stereocenters. The molecule has 3 atom stereocenters. The third-order valence-corrected chi connectivity index (χ3v) is 3.13. The van der Waals surface area contributed by atoms with Gasteiger partial charge in [-0.1, -0.05) is 13.0 Å². The minimum absolute atomic E-state index is 0.139. The maximum atomic E-state index is 13.9. The van der Waals surface area contributed by atoms with Crippen LogP contribution in [0.25, 0.3) is 0 Å². The number of benzene rings is 1. The van der Waals surface area contributed by atoms with Gasteiger partial charge < -0.3 is 5.11 Å². The van der Waals surface area contributed by atoms with Gasteiger partial charge in [-0.15, -0.1) is 0 Å². The predicted molar refractivity (Wildman–Crippen MR) is 69.0 cm³/mol. The summed E-state index contributed by atoms with van der Waals surface area (Å²) in [5.74, 6) is -1.42. The molecule has 1 aromatic carbocycles. The highest BCUT2D eigenvalue weighted by Crippen LogP contribution is 2.27. The topological polar surface area (TPSA) is 50.9 Å². The van der Waals surface area contributed by atoms with Crippen molar-refractivity contribution in [2.24, 2.45) is 0 Å². The van der Waals surface area contributed by atoms with Gasteiger partial charge in [-0.3, -0.25) is 0 Å². The van der Waals surface area contributed by atoms with Gasteiger partial charge in [0.2, 0.25) is 0 Å². The molecule has 1 heterocycles. The van der Waals surface area contributed by atoms with Crippen molar-refractivity contribution in [2.75, 3.05) is 0 Å². The van der Waals surface area contributed by atoms with E-state index in [0.29, 0.717) is 0 Å². The number of rotatable bonds is 4. The Hall–Kier alpha value is -1.47. The van der Waals surface area contributed by atoms with Crippen molar-refractivity contribution < 1.29 is 13.9 Å². The minimum atomic E-state index is -0.995. The van der Waals surface area contributed by atoms with Crippen molar-refractivity contribution in [3.8, 4) is 0 Å². The Morgan fingerprint density at radius 1 is 1.37 bits per heavy atom. The highest BCUT2D eigenvalue weighted by Gasteiger charge is 2.29. The molecule has 0 aliphatic carbocycles. The van der Waals surface area contributed by atoms with Crippen LogP contribution in [0.2, 0.25) is 0 Å². The quantitative estimate of drug-likeness (QED) is 0.843. The van der Waals surface area contributed by atoms with Gasteiger partial charge in [-0.25, -0.2) is 18.4 Å². The zero-order valence-electron chi connectivity index (χ0n) is 10.1. The van der Waals surface area contributed by atoms with Crippen molar-refractivity contribution in [1.29, 1.82) is 0 Å². The maximum Gasteiger partial charge on any atom is 0.137 e. The zero-order chi connectivity index (χ0) is 14.0. The Labute approximate surface area is 114 Å². The fraction of sp³-hybridized carbons (Fsp3) is 0.333. The van der Waals surface area contributed by atoms with E-state index >= 15 is 0 Å². The van der Waals surface area contributed by atoms with Gasteiger partial charge in [-0.2, -0.15) is 17.7 Å². The fourth-order valence-electron chi connectivity index (χ4n) is 1.85. The van der Waals surface area contributed by atoms with E-state index in [9.17, 15) is 13.9 Å². The van der Waals surface area contributed by atoms with E-state index in [2.05, 4.69) is 22.7 Å². The van der Waals surface area contributed by atoms with Gasteiger partial charge in [-0.05, 0) is 6.07 Å². The molecule has 2 rings (SSSR count). The standard InChI is InChI=1S/C12H13F2N3OS/c1-7(19)12(18)11(17-6-15-5-16-17)9-3-2-8(13)4-10(9)14/h2-7,11-12,18-19H,1H3/t7-,11?,12+/m1/s1. The van der Waals surface area contributed by atoms with Gasteiger partial charge in [0, 0.05) is 16.9 Å². The number of hydrogen-bond donors (Lipinski definition) is 2. The molecule has 102 valence electrons. The second kappa shape index (κ2) is 5.66. The molecule has 0 saturated carbocycles. The molecule has 0 aliphatic rings. The number of halogens is 2. The van der Waals surface area contributed by atoms with Crippen LogP contribution in [0.5, 0.6) is 0 Å². The van der Waals surface area contributed by atoms with Crippen LogP contribution in [0.3, 0.4) is 0 Å². The molecule has 19 heavy (non-hydrogen) atoms. The SMILES string of the molecule is C[C@@H](S)[C@H](O)C(c1ccc(F)cc1F)n1cncn1. The second-order valence-corrected chi connectivity index (χ2v) is 5.03. The second-order valence-electron chi connectivity index (χ2n) is 4.22. The van der Waals surface area contributed by atoms with E-state index in [-0.39, 0.29) is 5.56 Å². The first-order valence-corrected chi connectivity index (χ1v) is 6.17. The van der Waals surface area contributed by atoms with Crippen LogP contribution >= 0.6 is 12.6 Å². The number of aromatic nitrogens is 3. The number of thiol groups is 1. The van der Waals surface area contributed by atoms with Crippen LogP contribution in [-0.4, -0.2) is 31.2 Å². The molecule has 0 radical (unpaired) electrons. The van der Waals surface area contributed by atoms with E-state index in [4.69, 9.17) is 0 Å². The van der Waals surface area contributed by atoms with Gasteiger partial charge in [0.1, 0.15) is 30.3 Å². The first-order valence-electron chi connectivity index (χ1n) is 5.66. The minimum Gasteiger partial charge on any atom is -0.389 e. The summed E-state index contributed by atoms with van der Waals surface area (Å²) in [5, 5.41) is 13.7. The van der Waals surface area contributed by atoms with Gasteiger partial charge in [0.15, 0.2) is 0 Å². The molecular weight excluding hydrogens is 272 g/mol. The smallest absolute Gasteiger partial charge is 0.137 e. The number of aliphatic hydroxyl groups excluding tert-OH is 1. The third kappa shape index (κ3) is 2.93. The fourth-order valence-corrected chi connectivity index (χ4v) is 2.01. The van der Waals surface area contributed by atoms with Crippen molar-refractivity contribution in [3.05, 3.63) is 48.1 Å². The van der Waals surface area contributed by atoms with E-state index < -0.39 is 29.0 Å². The number of nitrogens with zero attached hydrogens (tertiary/aromatic N) is 3. The van der Waals surface area contributed by atoms with E-state index in [1.807, 2.05) is 0 Å². The molecular formula is C12H13F2N3OS. The molecule has 1 N–H and O–H groups in total. The normalized spacial score (nSPS) is 16.1. The molecule has 0 spiro atoms. The van der Waals surface area contributed by atoms with Crippen LogP contribution in [0.4, 0.5) is 8.78 Å². The zero-order valence-corrected chi connectivity index (χ0v) is 11.0. The van der Waals surface area contributed by atoms with Crippen molar-refractivity contribution in [2.45, 2.75) is 24.3 Å². The first-order chi connectivity index (χ1) is 9.00. The van der Waals surface area contributed by atoms with Crippen molar-refractivity contribution >= 4 is 12.6 Å². The number of aliphatic hydroxyl groups is 1. The molecule has 2 aromatic rings. The summed E-state index contributed by atoms with van der Waals surface area (Å²) in [6, 6.07) is 2.39.